The number of carbonyl (C=O) groups excluding carboxylic acids is 2. The van der Waals surface area contributed by atoms with Crippen molar-refractivity contribution in [2.75, 3.05) is 13.6 Å². The lowest BCUT2D eigenvalue weighted by Gasteiger charge is -2.34. The summed E-state index contributed by atoms with van der Waals surface area (Å²) < 4.78 is 7.41. The Balaban J connectivity index is 1.73. The van der Waals surface area contributed by atoms with Crippen molar-refractivity contribution in [3.8, 4) is 0 Å². The SMILES string of the molecule is Cc1nc2sccn2c1C(=O)NCCC(C(C)c1ccccc1)N(C)C(=O)OC(C)(C)C. The van der Waals surface area contributed by atoms with Gasteiger partial charge in [-0.15, -0.1) is 11.3 Å². The van der Waals surface area contributed by atoms with Gasteiger partial charge >= 0.3 is 6.09 Å². The Hall–Kier alpha value is -2.87. The number of fused-ring (bicyclic) bond motifs is 1. The highest BCUT2D eigenvalue weighted by Crippen LogP contribution is 2.26. The van der Waals surface area contributed by atoms with Crippen LogP contribution in [-0.2, 0) is 4.74 Å². The predicted molar refractivity (Wildman–Crippen MR) is 127 cm³/mol. The minimum atomic E-state index is -0.578. The molecule has 0 radical (unpaired) electrons. The van der Waals surface area contributed by atoms with Crippen LogP contribution in [0.1, 0.15) is 61.8 Å². The highest BCUT2D eigenvalue weighted by molar-refractivity contribution is 7.15. The molecule has 2 atom stereocenters. The van der Waals surface area contributed by atoms with Gasteiger partial charge in [-0.1, -0.05) is 37.3 Å². The minimum absolute atomic E-state index is 0.0610. The second-order valence-electron chi connectivity index (χ2n) is 9.00. The smallest absolute Gasteiger partial charge is 0.410 e. The monoisotopic (exact) mass is 456 g/mol. The second-order valence-corrected chi connectivity index (χ2v) is 9.88. The summed E-state index contributed by atoms with van der Waals surface area (Å²) >= 11 is 1.50. The molecule has 3 rings (SSSR count). The van der Waals surface area contributed by atoms with Gasteiger partial charge in [-0.25, -0.2) is 9.78 Å². The lowest BCUT2D eigenvalue weighted by atomic mass is 9.90. The van der Waals surface area contributed by atoms with Crippen LogP contribution in [0.2, 0.25) is 0 Å². The van der Waals surface area contributed by atoms with Gasteiger partial charge in [0.1, 0.15) is 11.3 Å². The van der Waals surface area contributed by atoms with Crippen LogP contribution in [0.15, 0.2) is 41.9 Å². The number of rotatable bonds is 7. The molecule has 2 amide bonds. The third kappa shape index (κ3) is 5.48. The van der Waals surface area contributed by atoms with E-state index in [4.69, 9.17) is 4.74 Å². The molecule has 2 aromatic heterocycles. The molecule has 2 unspecified atom stereocenters. The topological polar surface area (TPSA) is 75.9 Å². The molecule has 1 aromatic carbocycles. The molecule has 7 nitrogen and oxygen atoms in total. The zero-order valence-corrected chi connectivity index (χ0v) is 20.4. The van der Waals surface area contributed by atoms with Crippen LogP contribution < -0.4 is 5.32 Å². The fourth-order valence-electron chi connectivity index (χ4n) is 3.81. The van der Waals surface area contributed by atoms with Gasteiger partial charge in [0.15, 0.2) is 4.96 Å². The second kappa shape index (κ2) is 9.73. The van der Waals surface area contributed by atoms with Gasteiger partial charge in [-0.2, -0.15) is 0 Å². The van der Waals surface area contributed by atoms with Crippen LogP contribution in [0.25, 0.3) is 4.96 Å². The van der Waals surface area contributed by atoms with Crippen molar-refractivity contribution >= 4 is 28.3 Å². The first-order valence-corrected chi connectivity index (χ1v) is 11.7. The van der Waals surface area contributed by atoms with Crippen LogP contribution in [-0.4, -0.2) is 51.5 Å². The Morgan fingerprint density at radius 2 is 1.94 bits per heavy atom. The Morgan fingerprint density at radius 1 is 1.25 bits per heavy atom. The molecule has 0 aliphatic carbocycles. The van der Waals surface area contributed by atoms with E-state index in [0.29, 0.717) is 24.4 Å². The van der Waals surface area contributed by atoms with Gasteiger partial charge in [0.25, 0.3) is 5.91 Å². The number of ether oxygens (including phenoxy) is 1. The summed E-state index contributed by atoms with van der Waals surface area (Å²) in [6.45, 7) is 9.92. The summed E-state index contributed by atoms with van der Waals surface area (Å²) in [5, 5.41) is 4.92. The van der Waals surface area contributed by atoms with E-state index in [1.165, 1.54) is 11.3 Å². The van der Waals surface area contributed by atoms with Gasteiger partial charge in [0.2, 0.25) is 0 Å². The number of thiazole rings is 1. The maximum Gasteiger partial charge on any atom is 0.410 e. The largest absolute Gasteiger partial charge is 0.444 e. The number of amides is 2. The van der Waals surface area contributed by atoms with Crippen LogP contribution in [0.4, 0.5) is 4.79 Å². The van der Waals surface area contributed by atoms with Crippen molar-refractivity contribution in [1.29, 1.82) is 0 Å². The molecular weight excluding hydrogens is 424 g/mol. The van der Waals surface area contributed by atoms with Crippen molar-refractivity contribution in [3.05, 3.63) is 58.9 Å². The van der Waals surface area contributed by atoms with E-state index >= 15 is 0 Å². The summed E-state index contributed by atoms with van der Waals surface area (Å²) in [4.78, 5) is 32.6. The van der Waals surface area contributed by atoms with Crippen molar-refractivity contribution in [1.82, 2.24) is 19.6 Å². The first kappa shape index (κ1) is 23.8. The van der Waals surface area contributed by atoms with Gasteiger partial charge in [-0.3, -0.25) is 9.20 Å². The standard InChI is InChI=1S/C24H32N4O3S/c1-16(18-10-8-7-9-11-18)19(27(6)23(30)31-24(3,4)5)12-13-25-21(29)20-17(2)26-22-28(20)14-15-32-22/h7-11,14-16,19H,12-13H2,1-6H3,(H,25,29). The molecule has 172 valence electrons. The zero-order valence-electron chi connectivity index (χ0n) is 19.6. The Kier molecular flexibility index (Phi) is 7.23. The van der Waals surface area contributed by atoms with Gasteiger partial charge < -0.3 is 15.0 Å². The van der Waals surface area contributed by atoms with Gasteiger partial charge in [0.05, 0.1) is 5.69 Å². The Bertz CT molecular complexity index is 1070. The number of nitrogens with zero attached hydrogens (tertiary/aromatic N) is 3. The number of aromatic nitrogens is 2. The molecule has 3 aromatic rings. The summed E-state index contributed by atoms with van der Waals surface area (Å²) in [5.41, 5.74) is 1.81. The van der Waals surface area contributed by atoms with Gasteiger partial charge in [0, 0.05) is 37.1 Å². The fourth-order valence-corrected chi connectivity index (χ4v) is 4.57. The molecule has 0 saturated heterocycles. The number of likely N-dealkylation sites (N-methyl/N-ethyl adjacent to an activating group) is 1. The number of aryl methyl sites for hydroxylation is 1. The minimum Gasteiger partial charge on any atom is -0.444 e. The number of nitrogens with one attached hydrogen (secondary N) is 1. The number of imidazole rings is 1. The lowest BCUT2D eigenvalue weighted by Crippen LogP contribution is -2.44. The van der Waals surface area contributed by atoms with E-state index in [9.17, 15) is 9.59 Å². The average Bonchev–Trinajstić information content (AvgIpc) is 3.29. The molecule has 0 spiro atoms. The van der Waals surface area contributed by atoms with E-state index in [2.05, 4.69) is 29.4 Å². The Morgan fingerprint density at radius 3 is 2.59 bits per heavy atom. The molecule has 1 N–H and O–H groups in total. The molecule has 0 saturated carbocycles. The highest BCUT2D eigenvalue weighted by atomic mass is 32.1. The quantitative estimate of drug-likeness (QED) is 0.551. The van der Waals surface area contributed by atoms with Crippen LogP contribution in [0.3, 0.4) is 0 Å². The van der Waals surface area contributed by atoms with Crippen molar-refractivity contribution in [2.45, 2.75) is 58.6 Å². The fraction of sp³-hybridized carbons (Fsp3) is 0.458. The third-order valence-electron chi connectivity index (χ3n) is 5.46. The van der Waals surface area contributed by atoms with E-state index in [1.807, 2.05) is 61.9 Å². The zero-order chi connectivity index (χ0) is 23.5. The van der Waals surface area contributed by atoms with E-state index in [-0.39, 0.29) is 24.0 Å². The Labute approximate surface area is 193 Å². The van der Waals surface area contributed by atoms with E-state index in [0.717, 1.165) is 10.5 Å². The van der Waals surface area contributed by atoms with E-state index in [1.54, 1.807) is 11.9 Å². The van der Waals surface area contributed by atoms with Crippen molar-refractivity contribution in [3.63, 3.8) is 0 Å². The first-order chi connectivity index (χ1) is 15.1. The molecular formula is C24H32N4O3S. The molecule has 2 heterocycles. The van der Waals surface area contributed by atoms with Gasteiger partial charge in [-0.05, 0) is 39.7 Å². The average molecular weight is 457 g/mol. The normalized spacial score (nSPS) is 13.6. The summed E-state index contributed by atoms with van der Waals surface area (Å²) in [6.07, 6.45) is 2.07. The molecule has 0 aliphatic heterocycles. The highest BCUT2D eigenvalue weighted by Gasteiger charge is 2.30. The number of hydrogen-bond donors (Lipinski definition) is 1. The summed E-state index contributed by atoms with van der Waals surface area (Å²) in [7, 11) is 1.76. The first-order valence-electron chi connectivity index (χ1n) is 10.8. The van der Waals surface area contributed by atoms with Crippen LogP contribution in [0.5, 0.6) is 0 Å². The number of hydrogen-bond acceptors (Lipinski definition) is 5. The maximum absolute atomic E-state index is 12.9. The lowest BCUT2D eigenvalue weighted by molar-refractivity contribution is 0.0194. The third-order valence-corrected chi connectivity index (χ3v) is 6.22. The molecule has 0 aliphatic rings. The summed E-state index contributed by atoms with van der Waals surface area (Å²) in [6, 6.07) is 9.92. The number of carbonyl (C=O) groups is 2. The summed E-state index contributed by atoms with van der Waals surface area (Å²) in [5.74, 6) is -0.106. The molecule has 32 heavy (non-hydrogen) atoms. The van der Waals surface area contributed by atoms with Crippen molar-refractivity contribution < 1.29 is 14.3 Å². The maximum atomic E-state index is 12.9. The number of benzene rings is 1. The molecule has 0 fully saturated rings. The predicted octanol–water partition coefficient (Wildman–Crippen LogP) is 4.86. The van der Waals surface area contributed by atoms with E-state index < -0.39 is 5.60 Å². The molecule has 0 bridgehead atoms. The van der Waals surface area contributed by atoms with Crippen LogP contribution >= 0.6 is 11.3 Å². The van der Waals surface area contributed by atoms with Crippen molar-refractivity contribution in [2.24, 2.45) is 0 Å². The molecule has 8 heteroatoms. The van der Waals surface area contributed by atoms with Crippen LogP contribution in [0, 0.1) is 6.92 Å².